The molecule has 0 spiro atoms. The number of nitrogens with zero attached hydrogens (tertiary/aromatic N) is 2. The van der Waals surface area contributed by atoms with Crippen LogP contribution < -0.4 is 5.32 Å². The molecule has 1 N–H and O–H groups in total. The summed E-state index contributed by atoms with van der Waals surface area (Å²) in [4.78, 5) is 12.2. The van der Waals surface area contributed by atoms with Crippen LogP contribution in [0.15, 0.2) is 6.20 Å². The first-order valence-electron chi connectivity index (χ1n) is 6.59. The van der Waals surface area contributed by atoms with E-state index in [9.17, 15) is 4.79 Å². The lowest BCUT2D eigenvalue weighted by Gasteiger charge is -2.24. The minimum atomic E-state index is -0.306. The molecule has 2 rings (SSSR count). The van der Waals surface area contributed by atoms with Gasteiger partial charge in [0.05, 0.1) is 16.9 Å². The van der Waals surface area contributed by atoms with E-state index in [0.29, 0.717) is 11.1 Å². The zero-order valence-corrected chi connectivity index (χ0v) is 11.7. The molecule has 0 aliphatic heterocycles. The number of rotatable bonds is 3. The molecule has 0 radical (unpaired) electrons. The van der Waals surface area contributed by atoms with Crippen LogP contribution in [0.5, 0.6) is 0 Å². The first kappa shape index (κ1) is 13.4. The van der Waals surface area contributed by atoms with E-state index in [1.807, 2.05) is 13.8 Å². The summed E-state index contributed by atoms with van der Waals surface area (Å²) in [6.45, 7) is 3.73. The predicted molar refractivity (Wildman–Crippen MR) is 71.7 cm³/mol. The van der Waals surface area contributed by atoms with E-state index >= 15 is 0 Å². The Labute approximate surface area is 113 Å². The number of carbonyl (C=O) groups is 1. The second-order valence-corrected chi connectivity index (χ2v) is 5.45. The van der Waals surface area contributed by atoms with E-state index in [0.717, 1.165) is 18.5 Å². The third-order valence-corrected chi connectivity index (χ3v) is 4.05. The van der Waals surface area contributed by atoms with Gasteiger partial charge < -0.3 is 5.32 Å². The number of amides is 1. The van der Waals surface area contributed by atoms with Gasteiger partial charge in [0.25, 0.3) is 0 Å². The van der Waals surface area contributed by atoms with Crippen LogP contribution in [0.1, 0.15) is 50.8 Å². The Morgan fingerprint density at radius 1 is 1.50 bits per heavy atom. The van der Waals surface area contributed by atoms with E-state index < -0.39 is 0 Å². The largest absolute Gasteiger partial charge is 0.352 e. The first-order valence-corrected chi connectivity index (χ1v) is 6.97. The maximum Gasteiger partial charge on any atom is 0.244 e. The molecule has 4 nitrogen and oxygen atoms in total. The first-order chi connectivity index (χ1) is 8.59. The van der Waals surface area contributed by atoms with Crippen molar-refractivity contribution in [3.63, 3.8) is 0 Å². The average molecular weight is 270 g/mol. The second kappa shape index (κ2) is 5.74. The topological polar surface area (TPSA) is 46.9 Å². The molecule has 1 heterocycles. The van der Waals surface area contributed by atoms with Crippen LogP contribution in [0, 0.1) is 6.92 Å². The van der Waals surface area contributed by atoms with Crippen LogP contribution in [0.25, 0.3) is 0 Å². The molecule has 1 atom stereocenters. The van der Waals surface area contributed by atoms with Crippen molar-refractivity contribution in [1.82, 2.24) is 15.1 Å². The third kappa shape index (κ3) is 2.86. The Kier molecular flexibility index (Phi) is 4.27. The Morgan fingerprint density at radius 3 is 2.72 bits per heavy atom. The van der Waals surface area contributed by atoms with Crippen LogP contribution in [0.2, 0.25) is 5.02 Å². The lowest BCUT2D eigenvalue weighted by atomic mass is 9.95. The molecule has 1 saturated carbocycles. The van der Waals surface area contributed by atoms with Crippen LogP contribution >= 0.6 is 11.6 Å². The Morgan fingerprint density at radius 2 is 2.17 bits per heavy atom. The number of nitrogens with one attached hydrogen (secondary N) is 1. The SMILES string of the molecule is Cc1c(Cl)cnn1C(C)C(=O)NC1CCCCC1. The van der Waals surface area contributed by atoms with Crippen LogP contribution in [0.4, 0.5) is 0 Å². The van der Waals surface area contributed by atoms with Gasteiger partial charge in [-0.05, 0) is 26.7 Å². The molecule has 0 saturated heterocycles. The summed E-state index contributed by atoms with van der Waals surface area (Å²) < 4.78 is 1.68. The second-order valence-electron chi connectivity index (χ2n) is 5.04. The zero-order valence-electron chi connectivity index (χ0n) is 10.9. The summed E-state index contributed by atoms with van der Waals surface area (Å²) >= 11 is 5.95. The lowest BCUT2D eigenvalue weighted by Crippen LogP contribution is -2.40. The highest BCUT2D eigenvalue weighted by atomic mass is 35.5. The molecule has 1 aliphatic carbocycles. The van der Waals surface area contributed by atoms with Crippen molar-refractivity contribution in [3.05, 3.63) is 16.9 Å². The van der Waals surface area contributed by atoms with Gasteiger partial charge in [0, 0.05) is 6.04 Å². The van der Waals surface area contributed by atoms with Crippen LogP contribution in [0.3, 0.4) is 0 Å². The molecule has 18 heavy (non-hydrogen) atoms. The summed E-state index contributed by atoms with van der Waals surface area (Å²) in [5.74, 6) is 0.0322. The molecular weight excluding hydrogens is 250 g/mol. The number of carbonyl (C=O) groups excluding carboxylic acids is 1. The Balaban J connectivity index is 1.98. The molecular formula is C13H20ClN3O. The molecule has 1 aromatic rings. The normalized spacial score (nSPS) is 18.6. The molecule has 1 aromatic heterocycles. The molecule has 0 aromatic carbocycles. The molecule has 1 unspecified atom stereocenters. The van der Waals surface area contributed by atoms with Gasteiger partial charge in [-0.2, -0.15) is 5.10 Å². The van der Waals surface area contributed by atoms with Crippen molar-refractivity contribution >= 4 is 17.5 Å². The van der Waals surface area contributed by atoms with Crippen molar-refractivity contribution in [2.75, 3.05) is 0 Å². The zero-order chi connectivity index (χ0) is 13.1. The molecule has 5 heteroatoms. The van der Waals surface area contributed by atoms with Gasteiger partial charge >= 0.3 is 0 Å². The predicted octanol–water partition coefficient (Wildman–Crippen LogP) is 2.85. The van der Waals surface area contributed by atoms with Gasteiger partial charge in [0.15, 0.2) is 0 Å². The summed E-state index contributed by atoms with van der Waals surface area (Å²) in [5, 5.41) is 7.87. The van der Waals surface area contributed by atoms with E-state index in [1.54, 1.807) is 10.9 Å². The van der Waals surface area contributed by atoms with E-state index in [1.165, 1.54) is 19.3 Å². The lowest BCUT2D eigenvalue weighted by molar-refractivity contribution is -0.125. The van der Waals surface area contributed by atoms with Gasteiger partial charge in [-0.1, -0.05) is 30.9 Å². The summed E-state index contributed by atoms with van der Waals surface area (Å²) in [6, 6.07) is 0.0273. The van der Waals surface area contributed by atoms with E-state index in [-0.39, 0.29) is 11.9 Å². The fraction of sp³-hybridized carbons (Fsp3) is 0.692. The van der Waals surface area contributed by atoms with E-state index in [4.69, 9.17) is 11.6 Å². The Hall–Kier alpha value is -1.03. The summed E-state index contributed by atoms with van der Waals surface area (Å²) in [6.07, 6.45) is 7.49. The highest BCUT2D eigenvalue weighted by Gasteiger charge is 2.22. The maximum atomic E-state index is 12.2. The summed E-state index contributed by atoms with van der Waals surface area (Å²) in [7, 11) is 0. The van der Waals surface area contributed by atoms with Crippen LogP contribution in [-0.2, 0) is 4.79 Å². The monoisotopic (exact) mass is 269 g/mol. The quantitative estimate of drug-likeness (QED) is 0.917. The van der Waals surface area contributed by atoms with Gasteiger partial charge in [-0.25, -0.2) is 0 Å². The standard InChI is InChI=1S/C13H20ClN3O/c1-9-12(14)8-15-17(9)10(2)13(18)16-11-6-4-3-5-7-11/h8,10-11H,3-7H2,1-2H3,(H,16,18). The number of halogens is 1. The number of hydrogen-bond acceptors (Lipinski definition) is 2. The molecule has 1 amide bonds. The van der Waals surface area contributed by atoms with Crippen molar-refractivity contribution in [3.8, 4) is 0 Å². The van der Waals surface area contributed by atoms with Gasteiger partial charge in [0.1, 0.15) is 6.04 Å². The number of hydrogen-bond donors (Lipinski definition) is 1. The minimum absolute atomic E-state index is 0.0322. The van der Waals surface area contributed by atoms with Crippen molar-refractivity contribution < 1.29 is 4.79 Å². The van der Waals surface area contributed by atoms with Crippen LogP contribution in [-0.4, -0.2) is 21.7 Å². The molecule has 1 fully saturated rings. The highest BCUT2D eigenvalue weighted by Crippen LogP contribution is 2.20. The summed E-state index contributed by atoms with van der Waals surface area (Å²) in [5.41, 5.74) is 0.836. The van der Waals surface area contributed by atoms with E-state index in [2.05, 4.69) is 10.4 Å². The van der Waals surface area contributed by atoms with Gasteiger partial charge in [0.2, 0.25) is 5.91 Å². The maximum absolute atomic E-state index is 12.2. The van der Waals surface area contributed by atoms with Crippen molar-refractivity contribution in [2.24, 2.45) is 0 Å². The van der Waals surface area contributed by atoms with Gasteiger partial charge in [-0.15, -0.1) is 0 Å². The average Bonchev–Trinajstić information content (AvgIpc) is 2.70. The smallest absolute Gasteiger partial charge is 0.244 e. The highest BCUT2D eigenvalue weighted by molar-refractivity contribution is 6.31. The third-order valence-electron chi connectivity index (χ3n) is 3.68. The van der Waals surface area contributed by atoms with Crippen molar-refractivity contribution in [1.29, 1.82) is 0 Å². The fourth-order valence-corrected chi connectivity index (χ4v) is 2.60. The fourth-order valence-electron chi connectivity index (χ4n) is 2.47. The minimum Gasteiger partial charge on any atom is -0.352 e. The molecule has 1 aliphatic rings. The number of aromatic nitrogens is 2. The van der Waals surface area contributed by atoms with Gasteiger partial charge in [-0.3, -0.25) is 9.48 Å². The molecule has 100 valence electrons. The van der Waals surface area contributed by atoms with Crippen molar-refractivity contribution in [2.45, 2.75) is 58.0 Å². The molecule has 0 bridgehead atoms. The Bertz CT molecular complexity index is 424.